The van der Waals surface area contributed by atoms with Crippen LogP contribution >= 0.6 is 15.9 Å². The van der Waals surface area contributed by atoms with Crippen LogP contribution in [0.1, 0.15) is 22.3 Å². The van der Waals surface area contributed by atoms with Gasteiger partial charge in [0.25, 0.3) is 0 Å². The molecule has 0 atom stereocenters. The third kappa shape index (κ3) is 2.12. The minimum atomic E-state index is -0.373. The molecule has 0 aliphatic heterocycles. The van der Waals surface area contributed by atoms with Crippen molar-refractivity contribution >= 4 is 15.9 Å². The van der Waals surface area contributed by atoms with Crippen LogP contribution in [-0.4, -0.2) is 0 Å². The van der Waals surface area contributed by atoms with Crippen molar-refractivity contribution in [1.29, 1.82) is 0 Å². The molecule has 2 aliphatic rings. The third-order valence-electron chi connectivity index (χ3n) is 7.19. The average Bonchev–Trinajstić information content (AvgIpc) is 3.09. The number of hydrogen-bond donors (Lipinski definition) is 0. The van der Waals surface area contributed by atoms with Crippen molar-refractivity contribution in [3.63, 3.8) is 0 Å². The van der Waals surface area contributed by atoms with E-state index >= 15 is 0 Å². The summed E-state index contributed by atoms with van der Waals surface area (Å²) in [6.45, 7) is 0. The topological polar surface area (TPSA) is 0 Å². The van der Waals surface area contributed by atoms with Crippen LogP contribution in [0.5, 0.6) is 0 Å². The summed E-state index contributed by atoms with van der Waals surface area (Å²) in [5, 5.41) is 0. The van der Waals surface area contributed by atoms with Crippen LogP contribution in [0.2, 0.25) is 0 Å². The summed E-state index contributed by atoms with van der Waals surface area (Å²) in [6, 6.07) is 42.4. The van der Waals surface area contributed by atoms with E-state index in [1.54, 1.807) is 0 Å². The second-order valence-corrected chi connectivity index (χ2v) is 9.45. The van der Waals surface area contributed by atoms with Gasteiger partial charge in [0.15, 0.2) is 0 Å². The minimum absolute atomic E-state index is 0.373. The fraction of sp³-hybridized carbons (Fsp3) is 0.0323. The van der Waals surface area contributed by atoms with Crippen LogP contribution in [-0.2, 0) is 5.41 Å². The fourth-order valence-electron chi connectivity index (χ4n) is 6.05. The first kappa shape index (κ1) is 18.2. The fourth-order valence-corrected chi connectivity index (χ4v) is 6.63. The first-order valence-corrected chi connectivity index (χ1v) is 11.8. The van der Waals surface area contributed by atoms with Gasteiger partial charge in [-0.3, -0.25) is 0 Å². The van der Waals surface area contributed by atoms with E-state index in [9.17, 15) is 0 Å². The Kier molecular flexibility index (Phi) is 3.72. The highest BCUT2D eigenvalue weighted by molar-refractivity contribution is 9.10. The molecule has 0 bridgehead atoms. The Morgan fingerprint density at radius 2 is 0.781 bits per heavy atom. The van der Waals surface area contributed by atoms with E-state index in [4.69, 9.17) is 0 Å². The molecule has 0 saturated carbocycles. The van der Waals surface area contributed by atoms with Crippen LogP contribution in [0.15, 0.2) is 120 Å². The maximum atomic E-state index is 3.94. The molecule has 0 aromatic heterocycles. The quantitative estimate of drug-likeness (QED) is 0.208. The molecule has 2 aliphatic carbocycles. The molecule has 1 spiro atoms. The van der Waals surface area contributed by atoms with Gasteiger partial charge in [0.05, 0.1) is 5.41 Å². The van der Waals surface area contributed by atoms with E-state index < -0.39 is 0 Å². The molecule has 32 heavy (non-hydrogen) atoms. The average molecular weight is 471 g/mol. The van der Waals surface area contributed by atoms with Gasteiger partial charge in [0, 0.05) is 10.0 Å². The second-order valence-electron chi connectivity index (χ2n) is 8.59. The van der Waals surface area contributed by atoms with Crippen LogP contribution in [0, 0.1) is 0 Å². The molecule has 5 aromatic rings. The monoisotopic (exact) mass is 470 g/mol. The van der Waals surface area contributed by atoms with E-state index in [1.807, 2.05) is 0 Å². The molecule has 0 N–H and O–H groups in total. The maximum absolute atomic E-state index is 3.94. The van der Waals surface area contributed by atoms with Crippen molar-refractivity contribution in [1.82, 2.24) is 0 Å². The lowest BCUT2D eigenvalue weighted by Crippen LogP contribution is -2.29. The van der Waals surface area contributed by atoms with Crippen LogP contribution in [0.3, 0.4) is 0 Å². The summed E-state index contributed by atoms with van der Waals surface area (Å²) in [7, 11) is 0. The maximum Gasteiger partial charge on any atom is 0.0725 e. The first-order chi connectivity index (χ1) is 15.8. The third-order valence-corrected chi connectivity index (χ3v) is 7.85. The predicted molar refractivity (Wildman–Crippen MR) is 136 cm³/mol. The normalized spacial score (nSPS) is 14.0. The second kappa shape index (κ2) is 6.54. The zero-order chi connectivity index (χ0) is 21.3. The van der Waals surface area contributed by atoms with E-state index in [1.165, 1.54) is 55.6 Å². The molecular weight excluding hydrogens is 452 g/mol. The molecule has 0 radical (unpaired) electrons. The SMILES string of the molecule is Brc1cccc2c1-c1ccccc1-c1ccccc1C21c2ccccc2-c2ccccc21. The van der Waals surface area contributed by atoms with Gasteiger partial charge in [-0.15, -0.1) is 0 Å². The highest BCUT2D eigenvalue weighted by atomic mass is 79.9. The number of rotatable bonds is 0. The summed E-state index contributed by atoms with van der Waals surface area (Å²) in [5.41, 5.74) is 12.8. The predicted octanol–water partition coefficient (Wildman–Crippen LogP) is 8.46. The number of fused-ring (bicyclic) bond motifs is 12. The Balaban J connectivity index is 1.79. The largest absolute Gasteiger partial charge is 0.0725 e. The van der Waals surface area contributed by atoms with Gasteiger partial charge in [-0.2, -0.15) is 0 Å². The Labute approximate surface area is 196 Å². The molecule has 0 fully saturated rings. The molecule has 1 heteroatoms. The smallest absolute Gasteiger partial charge is 0.0619 e. The highest BCUT2D eigenvalue weighted by Gasteiger charge is 2.49. The van der Waals surface area contributed by atoms with Crippen molar-refractivity contribution in [2.45, 2.75) is 5.41 Å². The Morgan fingerprint density at radius 1 is 0.375 bits per heavy atom. The standard InChI is InChI=1S/C31H19Br/c32-29-19-9-18-28-30(29)24-14-2-1-10-20(24)21-11-3-6-15-25(21)31(28)26-16-7-4-12-22(26)23-13-5-8-17-27(23)31/h1-19H. The summed E-state index contributed by atoms with van der Waals surface area (Å²) in [5.74, 6) is 0. The van der Waals surface area contributed by atoms with Gasteiger partial charge in [-0.05, 0) is 56.1 Å². The van der Waals surface area contributed by atoms with Crippen molar-refractivity contribution in [2.24, 2.45) is 0 Å². The minimum Gasteiger partial charge on any atom is -0.0619 e. The van der Waals surface area contributed by atoms with Gasteiger partial charge in [0.2, 0.25) is 0 Å². The van der Waals surface area contributed by atoms with Crippen LogP contribution in [0.25, 0.3) is 33.4 Å². The Bertz CT molecular complexity index is 1500. The highest BCUT2D eigenvalue weighted by Crippen LogP contribution is 2.61. The molecule has 0 heterocycles. The molecule has 0 nitrogen and oxygen atoms in total. The van der Waals surface area contributed by atoms with E-state index in [-0.39, 0.29) is 5.41 Å². The molecule has 0 amide bonds. The van der Waals surface area contributed by atoms with Crippen molar-refractivity contribution < 1.29 is 0 Å². The van der Waals surface area contributed by atoms with Gasteiger partial charge in [0.1, 0.15) is 0 Å². The van der Waals surface area contributed by atoms with Gasteiger partial charge in [-0.1, -0.05) is 125 Å². The van der Waals surface area contributed by atoms with Crippen molar-refractivity contribution in [3.8, 4) is 33.4 Å². The molecular formula is C31H19Br. The summed E-state index contributed by atoms with van der Waals surface area (Å²) >= 11 is 3.94. The number of hydrogen-bond acceptors (Lipinski definition) is 0. The van der Waals surface area contributed by atoms with E-state index in [0.717, 1.165) is 4.47 Å². The number of halogens is 1. The summed E-state index contributed by atoms with van der Waals surface area (Å²) in [4.78, 5) is 0. The summed E-state index contributed by atoms with van der Waals surface area (Å²) in [6.07, 6.45) is 0. The van der Waals surface area contributed by atoms with Gasteiger partial charge < -0.3 is 0 Å². The lowest BCUT2D eigenvalue weighted by molar-refractivity contribution is 0.775. The molecule has 0 unspecified atom stereocenters. The Hall–Kier alpha value is -3.42. The van der Waals surface area contributed by atoms with Crippen LogP contribution < -0.4 is 0 Å². The van der Waals surface area contributed by atoms with Gasteiger partial charge >= 0.3 is 0 Å². The Morgan fingerprint density at radius 3 is 1.34 bits per heavy atom. The van der Waals surface area contributed by atoms with E-state index in [0.29, 0.717) is 0 Å². The van der Waals surface area contributed by atoms with Crippen molar-refractivity contribution in [3.05, 3.63) is 142 Å². The molecule has 5 aromatic carbocycles. The molecule has 150 valence electrons. The van der Waals surface area contributed by atoms with Crippen LogP contribution in [0.4, 0.5) is 0 Å². The first-order valence-electron chi connectivity index (χ1n) is 11.0. The van der Waals surface area contributed by atoms with Gasteiger partial charge in [-0.25, -0.2) is 0 Å². The molecule has 7 rings (SSSR count). The van der Waals surface area contributed by atoms with Crippen molar-refractivity contribution in [2.75, 3.05) is 0 Å². The molecule has 0 saturated heterocycles. The summed E-state index contributed by atoms with van der Waals surface area (Å²) < 4.78 is 1.14. The zero-order valence-electron chi connectivity index (χ0n) is 17.3. The number of benzene rings is 5. The van der Waals surface area contributed by atoms with E-state index in [2.05, 4.69) is 131 Å². The lowest BCUT2D eigenvalue weighted by atomic mass is 9.66. The lowest BCUT2D eigenvalue weighted by Gasteiger charge is -2.35. The zero-order valence-corrected chi connectivity index (χ0v) is 18.9.